The van der Waals surface area contributed by atoms with Crippen LogP contribution in [0.5, 0.6) is 0 Å². The second kappa shape index (κ2) is 5.32. The molecule has 1 aromatic rings. The minimum Gasteiger partial charge on any atom is -0.382 e. The van der Waals surface area contributed by atoms with Gasteiger partial charge < -0.3 is 10.5 Å². The number of nitrogens with two attached hydrogens (primary N) is 1. The van der Waals surface area contributed by atoms with Gasteiger partial charge in [0.15, 0.2) is 17.5 Å². The van der Waals surface area contributed by atoms with Gasteiger partial charge in [0.25, 0.3) is 0 Å². The average molecular weight is 233 g/mol. The Balaban J connectivity index is 2.92. The molecular formula is C11H14F3NO. The molecule has 0 fully saturated rings. The fourth-order valence-electron chi connectivity index (χ4n) is 1.41. The minimum absolute atomic E-state index is 0.0391. The fourth-order valence-corrected chi connectivity index (χ4v) is 1.41. The first-order valence-electron chi connectivity index (χ1n) is 4.89. The predicted molar refractivity (Wildman–Crippen MR) is 54.3 cm³/mol. The Hall–Kier alpha value is -1.07. The lowest BCUT2D eigenvalue weighted by molar-refractivity contribution is 0.104. The summed E-state index contributed by atoms with van der Waals surface area (Å²) in [6, 6.07) is 1.30. The summed E-state index contributed by atoms with van der Waals surface area (Å²) in [4.78, 5) is 0. The number of hydrogen-bond acceptors (Lipinski definition) is 2. The van der Waals surface area contributed by atoms with E-state index in [4.69, 9.17) is 10.5 Å². The lowest BCUT2D eigenvalue weighted by Gasteiger charge is -2.17. The topological polar surface area (TPSA) is 35.2 Å². The van der Waals surface area contributed by atoms with Crippen LogP contribution in [-0.4, -0.2) is 13.2 Å². The van der Waals surface area contributed by atoms with Gasteiger partial charge in [-0.3, -0.25) is 0 Å². The van der Waals surface area contributed by atoms with Crippen LogP contribution < -0.4 is 5.73 Å². The zero-order valence-corrected chi connectivity index (χ0v) is 9.14. The molecule has 5 heteroatoms. The van der Waals surface area contributed by atoms with E-state index in [2.05, 4.69) is 0 Å². The van der Waals surface area contributed by atoms with Gasteiger partial charge in [-0.1, -0.05) is 6.07 Å². The van der Waals surface area contributed by atoms with E-state index < -0.39 is 23.5 Å². The fraction of sp³-hybridized carbons (Fsp3) is 0.455. The molecule has 0 bridgehead atoms. The van der Waals surface area contributed by atoms with Crippen LogP contribution in [0, 0.1) is 17.5 Å². The van der Waals surface area contributed by atoms with E-state index >= 15 is 0 Å². The van der Waals surface area contributed by atoms with Crippen LogP contribution in [0.4, 0.5) is 13.2 Å². The van der Waals surface area contributed by atoms with E-state index in [1.807, 2.05) is 0 Å². The molecule has 0 aliphatic heterocycles. The molecule has 2 unspecified atom stereocenters. The van der Waals surface area contributed by atoms with Crippen molar-refractivity contribution < 1.29 is 17.9 Å². The van der Waals surface area contributed by atoms with Crippen molar-refractivity contribution in [2.24, 2.45) is 5.73 Å². The van der Waals surface area contributed by atoms with Gasteiger partial charge in [-0.2, -0.15) is 0 Å². The minimum atomic E-state index is -1.49. The number of rotatable bonds is 4. The van der Waals surface area contributed by atoms with Crippen LogP contribution >= 0.6 is 0 Å². The summed E-state index contributed by atoms with van der Waals surface area (Å²) >= 11 is 0. The lowest BCUT2D eigenvalue weighted by atomic mass is 10.0. The molecule has 1 aromatic carbocycles. The van der Waals surface area contributed by atoms with Gasteiger partial charge >= 0.3 is 0 Å². The largest absolute Gasteiger partial charge is 0.382 e. The predicted octanol–water partition coefficient (Wildman–Crippen LogP) is 2.53. The van der Waals surface area contributed by atoms with Crippen LogP contribution in [-0.2, 0) is 4.74 Å². The second-order valence-electron chi connectivity index (χ2n) is 3.65. The average Bonchev–Trinajstić information content (AvgIpc) is 2.25. The highest BCUT2D eigenvalue weighted by Crippen LogP contribution is 2.23. The maximum atomic E-state index is 13.3. The molecule has 0 aliphatic rings. The first-order valence-corrected chi connectivity index (χ1v) is 4.89. The molecule has 0 spiro atoms. The Morgan fingerprint density at radius 2 is 1.88 bits per heavy atom. The molecule has 2 N–H and O–H groups in total. The zero-order chi connectivity index (χ0) is 12.3. The highest BCUT2D eigenvalue weighted by atomic mass is 19.2. The quantitative estimate of drug-likeness (QED) is 0.811. The van der Waals surface area contributed by atoms with Gasteiger partial charge in [0.1, 0.15) is 0 Å². The van der Waals surface area contributed by atoms with Gasteiger partial charge in [0.05, 0.1) is 6.10 Å². The van der Waals surface area contributed by atoms with Crippen molar-refractivity contribution >= 4 is 0 Å². The molecule has 0 amide bonds. The Kier molecular flexibility index (Phi) is 4.32. The molecule has 0 aliphatic carbocycles. The van der Waals surface area contributed by atoms with E-state index in [0.717, 1.165) is 12.1 Å². The van der Waals surface area contributed by atoms with E-state index in [0.29, 0.717) is 6.42 Å². The number of ether oxygens (including phenoxy) is 1. The molecule has 1 rings (SSSR count). The maximum absolute atomic E-state index is 13.3. The first kappa shape index (κ1) is 13.0. The second-order valence-corrected chi connectivity index (χ2v) is 3.65. The van der Waals surface area contributed by atoms with Crippen LogP contribution in [0.15, 0.2) is 12.1 Å². The van der Waals surface area contributed by atoms with Gasteiger partial charge in [0.2, 0.25) is 0 Å². The Bertz CT molecular complexity index is 370. The third-order valence-electron chi connectivity index (χ3n) is 2.45. The van der Waals surface area contributed by atoms with Crippen molar-refractivity contribution in [3.05, 3.63) is 35.1 Å². The van der Waals surface area contributed by atoms with Crippen molar-refractivity contribution in [2.75, 3.05) is 7.11 Å². The summed E-state index contributed by atoms with van der Waals surface area (Å²) in [7, 11) is 1.50. The van der Waals surface area contributed by atoms with E-state index in [1.165, 1.54) is 7.11 Å². The number of benzene rings is 1. The molecule has 2 atom stereocenters. The third-order valence-corrected chi connectivity index (χ3v) is 2.45. The van der Waals surface area contributed by atoms with Crippen molar-refractivity contribution in [3.8, 4) is 0 Å². The van der Waals surface area contributed by atoms with Crippen molar-refractivity contribution in [2.45, 2.75) is 25.5 Å². The third kappa shape index (κ3) is 2.74. The number of halogens is 3. The standard InChI is InChI=1S/C11H14F3NO/c1-6(16-2)5-9(15)7-3-4-8(12)11(14)10(7)13/h3-4,6,9H,5,15H2,1-2H3. The van der Waals surface area contributed by atoms with E-state index in [-0.39, 0.29) is 11.7 Å². The summed E-state index contributed by atoms with van der Waals surface area (Å²) in [6.07, 6.45) is 0.154. The highest BCUT2D eigenvalue weighted by molar-refractivity contribution is 5.23. The van der Waals surface area contributed by atoms with Crippen LogP contribution in [0.25, 0.3) is 0 Å². The van der Waals surface area contributed by atoms with Crippen molar-refractivity contribution in [3.63, 3.8) is 0 Å². The molecular weight excluding hydrogens is 219 g/mol. The Labute approximate surface area is 92.2 Å². The van der Waals surface area contributed by atoms with Crippen LogP contribution in [0.3, 0.4) is 0 Å². The van der Waals surface area contributed by atoms with Crippen LogP contribution in [0.1, 0.15) is 24.9 Å². The Morgan fingerprint density at radius 1 is 1.25 bits per heavy atom. The number of hydrogen-bond donors (Lipinski definition) is 1. The molecule has 0 heterocycles. The molecule has 0 radical (unpaired) electrons. The van der Waals surface area contributed by atoms with Crippen LogP contribution in [0.2, 0.25) is 0 Å². The van der Waals surface area contributed by atoms with Gasteiger partial charge in [0, 0.05) is 18.7 Å². The first-order chi connectivity index (χ1) is 7.47. The summed E-state index contributed by atoms with van der Waals surface area (Å²) in [5, 5.41) is 0. The van der Waals surface area contributed by atoms with Crippen molar-refractivity contribution in [1.82, 2.24) is 0 Å². The maximum Gasteiger partial charge on any atom is 0.194 e. The normalized spacial score (nSPS) is 14.9. The van der Waals surface area contributed by atoms with Gasteiger partial charge in [-0.15, -0.1) is 0 Å². The molecule has 0 aromatic heterocycles. The SMILES string of the molecule is COC(C)CC(N)c1ccc(F)c(F)c1F. The van der Waals surface area contributed by atoms with Gasteiger partial charge in [-0.25, -0.2) is 13.2 Å². The molecule has 2 nitrogen and oxygen atoms in total. The molecule has 90 valence electrons. The number of methoxy groups -OCH3 is 1. The summed E-state index contributed by atoms with van der Waals surface area (Å²) < 4.78 is 43.9. The molecule has 0 saturated carbocycles. The van der Waals surface area contributed by atoms with E-state index in [1.54, 1.807) is 6.92 Å². The summed E-state index contributed by atoms with van der Waals surface area (Å²) in [5.74, 6) is -3.93. The van der Waals surface area contributed by atoms with Gasteiger partial charge in [-0.05, 0) is 19.4 Å². The highest BCUT2D eigenvalue weighted by Gasteiger charge is 2.19. The lowest BCUT2D eigenvalue weighted by Crippen LogP contribution is -2.20. The van der Waals surface area contributed by atoms with Crippen molar-refractivity contribution in [1.29, 1.82) is 0 Å². The van der Waals surface area contributed by atoms with E-state index in [9.17, 15) is 13.2 Å². The molecule has 16 heavy (non-hydrogen) atoms. The Morgan fingerprint density at radius 3 is 2.44 bits per heavy atom. The summed E-state index contributed by atoms with van der Waals surface area (Å²) in [6.45, 7) is 1.76. The summed E-state index contributed by atoms with van der Waals surface area (Å²) in [5.41, 5.74) is 5.64. The zero-order valence-electron chi connectivity index (χ0n) is 9.14. The monoisotopic (exact) mass is 233 g/mol. The smallest absolute Gasteiger partial charge is 0.194 e. The molecule has 0 saturated heterocycles.